The Labute approximate surface area is 191 Å². The van der Waals surface area contributed by atoms with Crippen molar-refractivity contribution >= 4 is 42.5 Å². The Morgan fingerprint density at radius 1 is 1.30 bits per heavy atom. The van der Waals surface area contributed by atoms with E-state index in [1.807, 2.05) is 26.0 Å². The molecule has 1 fully saturated rings. The number of thioether (sulfide) groups is 1. The predicted octanol–water partition coefficient (Wildman–Crippen LogP) is 5.31. The van der Waals surface area contributed by atoms with E-state index in [2.05, 4.69) is 46.0 Å². The molecule has 0 aromatic heterocycles. The SMILES string of the molecule is CC(C)(CO[Si](C)(C)C(C)(C)C)[C@H](O)CC(=O)N1C(=S)S[C@@H]2Cc3ccccc3[C@@H]21. The van der Waals surface area contributed by atoms with E-state index in [9.17, 15) is 9.90 Å². The van der Waals surface area contributed by atoms with Crippen molar-refractivity contribution in [2.75, 3.05) is 6.61 Å². The van der Waals surface area contributed by atoms with Crippen molar-refractivity contribution in [1.82, 2.24) is 4.90 Å². The molecular weight excluding hydrogens is 430 g/mol. The van der Waals surface area contributed by atoms with E-state index in [4.69, 9.17) is 16.6 Å². The third-order valence-corrected chi connectivity index (χ3v) is 13.1. The fraction of sp³-hybridized carbons (Fsp3) is 0.652. The molecule has 1 aromatic carbocycles. The second kappa shape index (κ2) is 8.32. The van der Waals surface area contributed by atoms with Gasteiger partial charge in [-0.05, 0) is 35.7 Å². The fourth-order valence-corrected chi connectivity index (χ4v) is 6.72. The molecule has 0 bridgehead atoms. The average molecular weight is 466 g/mol. The summed E-state index contributed by atoms with van der Waals surface area (Å²) in [6, 6.07) is 8.29. The number of thiocarbonyl (C=S) groups is 1. The lowest BCUT2D eigenvalue weighted by Crippen LogP contribution is -2.46. The van der Waals surface area contributed by atoms with E-state index in [1.165, 1.54) is 11.1 Å². The summed E-state index contributed by atoms with van der Waals surface area (Å²) in [5, 5.41) is 11.4. The Hall–Kier alpha value is -0.733. The van der Waals surface area contributed by atoms with Crippen LogP contribution in [-0.4, -0.2) is 46.5 Å². The molecule has 166 valence electrons. The molecule has 0 radical (unpaired) electrons. The molecule has 3 rings (SSSR count). The summed E-state index contributed by atoms with van der Waals surface area (Å²) in [5.74, 6) is -0.0930. The third kappa shape index (κ3) is 4.55. The highest BCUT2D eigenvalue weighted by atomic mass is 32.2. The molecule has 3 atom stereocenters. The second-order valence-corrected chi connectivity index (χ2v) is 17.5. The van der Waals surface area contributed by atoms with Crippen LogP contribution in [0, 0.1) is 5.41 Å². The maximum atomic E-state index is 13.3. The van der Waals surface area contributed by atoms with Crippen LogP contribution >= 0.6 is 24.0 Å². The van der Waals surface area contributed by atoms with E-state index in [0.717, 1.165) is 6.42 Å². The molecule has 1 amide bonds. The van der Waals surface area contributed by atoms with Gasteiger partial charge < -0.3 is 9.53 Å². The molecule has 1 N–H and O–H groups in total. The summed E-state index contributed by atoms with van der Waals surface area (Å²) < 4.78 is 6.98. The van der Waals surface area contributed by atoms with Gasteiger partial charge in [-0.25, -0.2) is 0 Å². The molecule has 1 aromatic rings. The van der Waals surface area contributed by atoms with Crippen LogP contribution in [0.4, 0.5) is 0 Å². The first-order valence-electron chi connectivity index (χ1n) is 10.7. The quantitative estimate of drug-likeness (QED) is 0.456. The van der Waals surface area contributed by atoms with E-state index < -0.39 is 19.8 Å². The number of rotatable bonds is 6. The highest BCUT2D eigenvalue weighted by molar-refractivity contribution is 8.23. The van der Waals surface area contributed by atoms with Gasteiger partial charge in [0.2, 0.25) is 5.91 Å². The van der Waals surface area contributed by atoms with Crippen molar-refractivity contribution in [3.8, 4) is 0 Å². The number of carbonyl (C=O) groups excluding carboxylic acids is 1. The van der Waals surface area contributed by atoms with Crippen LogP contribution in [-0.2, 0) is 15.6 Å². The highest BCUT2D eigenvalue weighted by Crippen LogP contribution is 2.49. The number of aliphatic hydroxyl groups is 1. The molecule has 0 saturated carbocycles. The van der Waals surface area contributed by atoms with Gasteiger partial charge in [0.25, 0.3) is 0 Å². The van der Waals surface area contributed by atoms with Crippen molar-refractivity contribution in [2.24, 2.45) is 5.41 Å². The Bertz CT molecular complexity index is 834. The van der Waals surface area contributed by atoms with Gasteiger partial charge in [-0.15, -0.1) is 0 Å². The van der Waals surface area contributed by atoms with Gasteiger partial charge in [-0.1, -0.05) is 82.9 Å². The minimum Gasteiger partial charge on any atom is -0.416 e. The van der Waals surface area contributed by atoms with E-state index >= 15 is 0 Å². The highest BCUT2D eigenvalue weighted by Gasteiger charge is 2.48. The van der Waals surface area contributed by atoms with Crippen molar-refractivity contribution in [3.05, 3.63) is 35.4 Å². The molecule has 1 saturated heterocycles. The molecular formula is C23H35NO3S2Si. The predicted molar refractivity (Wildman–Crippen MR) is 131 cm³/mol. The molecule has 7 heteroatoms. The van der Waals surface area contributed by atoms with Crippen LogP contribution in [0.5, 0.6) is 0 Å². The van der Waals surface area contributed by atoms with Crippen LogP contribution in [0.2, 0.25) is 18.1 Å². The first-order valence-corrected chi connectivity index (χ1v) is 14.9. The topological polar surface area (TPSA) is 49.8 Å². The summed E-state index contributed by atoms with van der Waals surface area (Å²) in [6.45, 7) is 15.4. The number of carbonyl (C=O) groups is 1. The Morgan fingerprint density at radius 2 is 1.93 bits per heavy atom. The van der Waals surface area contributed by atoms with Gasteiger partial charge in [-0.3, -0.25) is 9.69 Å². The summed E-state index contributed by atoms with van der Waals surface area (Å²) in [4.78, 5) is 15.0. The maximum Gasteiger partial charge on any atom is 0.231 e. The number of hydrogen-bond donors (Lipinski definition) is 1. The second-order valence-electron chi connectivity index (χ2n) is 10.8. The van der Waals surface area contributed by atoms with E-state index in [0.29, 0.717) is 10.9 Å². The Kier molecular flexibility index (Phi) is 6.63. The molecule has 1 aliphatic heterocycles. The standard InChI is InChI=1S/C23H35NO3S2Si/c1-22(2,3)30(6,7)27-14-23(4,5)18(25)13-19(26)24-20-16-11-9-8-10-15(16)12-17(20)29-21(24)28/h8-11,17-18,20,25H,12-14H2,1-7H3/t17-,18-,20+/m1/s1. The molecule has 0 spiro atoms. The maximum absolute atomic E-state index is 13.3. The number of aliphatic hydroxyl groups excluding tert-OH is 1. The zero-order valence-corrected chi connectivity index (χ0v) is 21.8. The van der Waals surface area contributed by atoms with Crippen molar-refractivity contribution in [1.29, 1.82) is 0 Å². The lowest BCUT2D eigenvalue weighted by Gasteiger charge is -2.40. The normalized spacial score (nSPS) is 22.8. The van der Waals surface area contributed by atoms with Gasteiger partial charge in [0.05, 0.1) is 18.6 Å². The van der Waals surface area contributed by atoms with Gasteiger partial charge in [-0.2, -0.15) is 0 Å². The Balaban J connectivity index is 1.68. The van der Waals surface area contributed by atoms with Crippen LogP contribution in [0.1, 0.15) is 58.2 Å². The minimum absolute atomic E-state index is 0.00927. The Morgan fingerprint density at radius 3 is 2.57 bits per heavy atom. The average Bonchev–Trinajstić information content (AvgIpc) is 3.13. The first kappa shape index (κ1) is 23.9. The monoisotopic (exact) mass is 465 g/mol. The van der Waals surface area contributed by atoms with Crippen LogP contribution in [0.3, 0.4) is 0 Å². The van der Waals surface area contributed by atoms with Crippen LogP contribution < -0.4 is 0 Å². The van der Waals surface area contributed by atoms with Gasteiger partial charge in [0.1, 0.15) is 4.32 Å². The summed E-state index contributed by atoms with van der Waals surface area (Å²) >= 11 is 7.17. The third-order valence-electron chi connectivity index (χ3n) is 7.02. The molecule has 2 aliphatic rings. The van der Waals surface area contributed by atoms with Crippen molar-refractivity contribution < 1.29 is 14.3 Å². The number of nitrogens with zero attached hydrogens (tertiary/aromatic N) is 1. The fourth-order valence-electron chi connectivity index (χ4n) is 3.72. The lowest BCUT2D eigenvalue weighted by molar-refractivity contribution is -0.133. The van der Waals surface area contributed by atoms with Gasteiger partial charge in [0, 0.05) is 17.3 Å². The van der Waals surface area contributed by atoms with Crippen LogP contribution in [0.15, 0.2) is 24.3 Å². The molecule has 4 nitrogen and oxygen atoms in total. The summed E-state index contributed by atoms with van der Waals surface area (Å²) in [7, 11) is -1.92. The zero-order valence-electron chi connectivity index (χ0n) is 19.2. The molecule has 1 aliphatic carbocycles. The summed E-state index contributed by atoms with van der Waals surface area (Å²) in [6.07, 6.45) is 0.197. The molecule has 30 heavy (non-hydrogen) atoms. The van der Waals surface area contributed by atoms with Gasteiger partial charge >= 0.3 is 0 Å². The van der Waals surface area contributed by atoms with E-state index in [-0.39, 0.29) is 28.7 Å². The lowest BCUT2D eigenvalue weighted by atomic mass is 9.85. The number of fused-ring (bicyclic) bond motifs is 3. The molecule has 1 heterocycles. The smallest absolute Gasteiger partial charge is 0.231 e. The van der Waals surface area contributed by atoms with Crippen LogP contribution in [0.25, 0.3) is 0 Å². The van der Waals surface area contributed by atoms with Crippen molar-refractivity contribution in [2.45, 2.75) is 83.0 Å². The molecule has 0 unspecified atom stereocenters. The summed E-state index contributed by atoms with van der Waals surface area (Å²) in [5.41, 5.74) is 1.97. The first-order chi connectivity index (χ1) is 13.7. The van der Waals surface area contributed by atoms with Gasteiger partial charge in [0.15, 0.2) is 8.32 Å². The van der Waals surface area contributed by atoms with E-state index in [1.54, 1.807) is 16.7 Å². The zero-order chi connectivity index (χ0) is 22.5. The number of amides is 1. The number of hydrogen-bond acceptors (Lipinski definition) is 5. The largest absolute Gasteiger partial charge is 0.416 e. The van der Waals surface area contributed by atoms with Crippen molar-refractivity contribution in [3.63, 3.8) is 0 Å². The minimum atomic E-state index is -1.92. The number of benzene rings is 1.